The highest BCUT2D eigenvalue weighted by Crippen LogP contribution is 2.14. The van der Waals surface area contributed by atoms with Crippen molar-refractivity contribution in [2.75, 3.05) is 13.1 Å². The highest BCUT2D eigenvalue weighted by molar-refractivity contribution is 5.78. The number of carboxylic acid groups (broad SMARTS) is 1. The van der Waals surface area contributed by atoms with Gasteiger partial charge < -0.3 is 5.11 Å². The molecule has 4 heteroatoms. The van der Waals surface area contributed by atoms with Crippen LogP contribution >= 0.6 is 0 Å². The maximum Gasteiger partial charge on any atom is 0.317 e. The van der Waals surface area contributed by atoms with Crippen LogP contribution in [0.25, 0.3) is 10.9 Å². The van der Waals surface area contributed by atoms with E-state index in [-0.39, 0.29) is 6.54 Å². The van der Waals surface area contributed by atoms with Gasteiger partial charge in [0.1, 0.15) is 0 Å². The fourth-order valence-electron chi connectivity index (χ4n) is 1.95. The van der Waals surface area contributed by atoms with E-state index >= 15 is 0 Å². The lowest BCUT2D eigenvalue weighted by atomic mass is 10.1. The van der Waals surface area contributed by atoms with Crippen molar-refractivity contribution in [2.24, 2.45) is 0 Å². The number of rotatable bonds is 5. The number of likely N-dealkylation sites (N-methyl/N-ethyl adjacent to an activating group) is 1. The van der Waals surface area contributed by atoms with Crippen molar-refractivity contribution in [3.05, 3.63) is 42.1 Å². The number of aliphatic carboxylic acids is 1. The van der Waals surface area contributed by atoms with Gasteiger partial charge in [-0.25, -0.2) is 0 Å². The van der Waals surface area contributed by atoms with E-state index in [9.17, 15) is 4.79 Å². The first-order valence-electron chi connectivity index (χ1n) is 5.97. The topological polar surface area (TPSA) is 53.4 Å². The molecule has 0 radical (unpaired) electrons. The summed E-state index contributed by atoms with van der Waals surface area (Å²) in [6.45, 7) is 3.40. The van der Waals surface area contributed by atoms with Crippen LogP contribution in [-0.4, -0.2) is 34.0 Å². The molecule has 0 saturated carbocycles. The molecule has 1 N–H and O–H groups in total. The highest BCUT2D eigenvalue weighted by atomic mass is 16.4. The third-order valence-corrected chi connectivity index (χ3v) is 2.88. The Labute approximate surface area is 106 Å². The quantitative estimate of drug-likeness (QED) is 0.875. The molecule has 0 amide bonds. The van der Waals surface area contributed by atoms with Gasteiger partial charge in [-0.1, -0.05) is 19.1 Å². The lowest BCUT2D eigenvalue weighted by molar-refractivity contribution is -0.138. The first-order valence-corrected chi connectivity index (χ1v) is 5.97. The standard InChI is InChI=1S/C14H16N2O2/c1-2-16(10-14(17)18)9-11-5-6-13-12(8-11)4-3-7-15-13/h3-8H,2,9-10H2,1H3,(H,17,18). The second-order valence-corrected chi connectivity index (χ2v) is 4.23. The normalized spacial score (nSPS) is 11.0. The number of benzene rings is 1. The van der Waals surface area contributed by atoms with Crippen LogP contribution in [0, 0.1) is 0 Å². The van der Waals surface area contributed by atoms with Gasteiger partial charge in [-0.3, -0.25) is 14.7 Å². The molecule has 0 saturated heterocycles. The summed E-state index contributed by atoms with van der Waals surface area (Å²) in [5.41, 5.74) is 2.07. The summed E-state index contributed by atoms with van der Waals surface area (Å²) in [4.78, 5) is 16.9. The van der Waals surface area contributed by atoms with E-state index in [1.54, 1.807) is 6.20 Å². The van der Waals surface area contributed by atoms with Gasteiger partial charge in [0.2, 0.25) is 0 Å². The van der Waals surface area contributed by atoms with Crippen LogP contribution in [0.1, 0.15) is 12.5 Å². The van der Waals surface area contributed by atoms with Crippen LogP contribution in [0.5, 0.6) is 0 Å². The Morgan fingerprint density at radius 2 is 2.22 bits per heavy atom. The Bertz CT molecular complexity index is 554. The molecule has 2 rings (SSSR count). The number of aromatic nitrogens is 1. The van der Waals surface area contributed by atoms with E-state index in [0.29, 0.717) is 6.54 Å². The van der Waals surface area contributed by atoms with Crippen molar-refractivity contribution >= 4 is 16.9 Å². The van der Waals surface area contributed by atoms with Crippen LogP contribution in [0.2, 0.25) is 0 Å². The molecule has 18 heavy (non-hydrogen) atoms. The molecule has 0 aliphatic carbocycles. The number of hydrogen-bond donors (Lipinski definition) is 1. The second-order valence-electron chi connectivity index (χ2n) is 4.23. The summed E-state index contributed by atoms with van der Waals surface area (Å²) in [6.07, 6.45) is 1.77. The van der Waals surface area contributed by atoms with Crippen LogP contribution in [0.4, 0.5) is 0 Å². The van der Waals surface area contributed by atoms with Gasteiger partial charge in [0.15, 0.2) is 0 Å². The summed E-state index contributed by atoms with van der Waals surface area (Å²) in [6, 6.07) is 9.95. The lowest BCUT2D eigenvalue weighted by Crippen LogP contribution is -2.29. The predicted octanol–water partition coefficient (Wildman–Crippen LogP) is 2.14. The Balaban J connectivity index is 2.17. The van der Waals surface area contributed by atoms with Crippen molar-refractivity contribution in [2.45, 2.75) is 13.5 Å². The second kappa shape index (κ2) is 5.60. The summed E-state index contributed by atoms with van der Waals surface area (Å²) < 4.78 is 0. The van der Waals surface area contributed by atoms with Gasteiger partial charge in [-0.15, -0.1) is 0 Å². The Morgan fingerprint density at radius 1 is 1.39 bits per heavy atom. The molecule has 0 bridgehead atoms. The minimum Gasteiger partial charge on any atom is -0.480 e. The molecule has 2 aromatic rings. The van der Waals surface area contributed by atoms with E-state index in [0.717, 1.165) is 23.0 Å². The molecule has 4 nitrogen and oxygen atoms in total. The van der Waals surface area contributed by atoms with Gasteiger partial charge in [0, 0.05) is 18.1 Å². The fourth-order valence-corrected chi connectivity index (χ4v) is 1.95. The van der Waals surface area contributed by atoms with Crippen molar-refractivity contribution in [3.8, 4) is 0 Å². The average Bonchev–Trinajstić information content (AvgIpc) is 2.37. The van der Waals surface area contributed by atoms with E-state index in [2.05, 4.69) is 11.1 Å². The molecule has 0 atom stereocenters. The summed E-state index contributed by atoms with van der Waals surface area (Å²) in [7, 11) is 0. The predicted molar refractivity (Wildman–Crippen MR) is 70.3 cm³/mol. The number of nitrogens with zero attached hydrogens (tertiary/aromatic N) is 2. The third-order valence-electron chi connectivity index (χ3n) is 2.88. The minimum absolute atomic E-state index is 0.0710. The summed E-state index contributed by atoms with van der Waals surface area (Å²) >= 11 is 0. The van der Waals surface area contributed by atoms with Crippen LogP contribution in [-0.2, 0) is 11.3 Å². The molecular weight excluding hydrogens is 228 g/mol. The van der Waals surface area contributed by atoms with Gasteiger partial charge >= 0.3 is 5.97 Å². The molecule has 94 valence electrons. The molecule has 1 aromatic carbocycles. The third kappa shape index (κ3) is 3.05. The zero-order valence-corrected chi connectivity index (χ0v) is 10.3. The molecule has 1 heterocycles. The van der Waals surface area contributed by atoms with Crippen LogP contribution in [0.15, 0.2) is 36.5 Å². The first-order chi connectivity index (χ1) is 8.69. The molecule has 0 aliphatic heterocycles. The van der Waals surface area contributed by atoms with Crippen molar-refractivity contribution in [3.63, 3.8) is 0 Å². The van der Waals surface area contributed by atoms with E-state index in [4.69, 9.17) is 5.11 Å². The maximum absolute atomic E-state index is 10.7. The lowest BCUT2D eigenvalue weighted by Gasteiger charge is -2.18. The van der Waals surface area contributed by atoms with E-state index < -0.39 is 5.97 Å². The van der Waals surface area contributed by atoms with Gasteiger partial charge in [0.25, 0.3) is 0 Å². The van der Waals surface area contributed by atoms with Gasteiger partial charge in [-0.2, -0.15) is 0 Å². The molecule has 0 unspecified atom stereocenters. The number of fused-ring (bicyclic) bond motifs is 1. The first kappa shape index (κ1) is 12.5. The average molecular weight is 244 g/mol. The fraction of sp³-hybridized carbons (Fsp3) is 0.286. The maximum atomic E-state index is 10.7. The molecule has 1 aromatic heterocycles. The number of hydrogen-bond acceptors (Lipinski definition) is 3. The Kier molecular flexibility index (Phi) is 3.89. The number of carbonyl (C=O) groups is 1. The summed E-state index contributed by atoms with van der Waals surface area (Å²) in [5.74, 6) is -0.792. The molecule has 0 aliphatic rings. The van der Waals surface area contributed by atoms with Crippen LogP contribution in [0.3, 0.4) is 0 Å². The van der Waals surface area contributed by atoms with Gasteiger partial charge in [0.05, 0.1) is 12.1 Å². The molecule has 0 fully saturated rings. The largest absolute Gasteiger partial charge is 0.480 e. The smallest absolute Gasteiger partial charge is 0.317 e. The monoisotopic (exact) mass is 244 g/mol. The number of carboxylic acids is 1. The zero-order valence-electron chi connectivity index (χ0n) is 10.3. The molecule has 0 spiro atoms. The highest BCUT2D eigenvalue weighted by Gasteiger charge is 2.08. The summed E-state index contributed by atoms with van der Waals surface area (Å²) in [5, 5.41) is 9.90. The van der Waals surface area contributed by atoms with E-state index in [1.165, 1.54) is 0 Å². The zero-order chi connectivity index (χ0) is 13.0. The minimum atomic E-state index is -0.792. The SMILES string of the molecule is CCN(CC(=O)O)Cc1ccc2ncccc2c1. The van der Waals surface area contributed by atoms with Gasteiger partial charge in [-0.05, 0) is 30.3 Å². The number of pyridine rings is 1. The van der Waals surface area contributed by atoms with Crippen molar-refractivity contribution < 1.29 is 9.90 Å². The Hall–Kier alpha value is -1.94. The molecular formula is C14H16N2O2. The Morgan fingerprint density at radius 3 is 2.94 bits per heavy atom. The van der Waals surface area contributed by atoms with Crippen LogP contribution < -0.4 is 0 Å². The van der Waals surface area contributed by atoms with E-state index in [1.807, 2.05) is 36.1 Å². The van der Waals surface area contributed by atoms with Crippen molar-refractivity contribution in [1.82, 2.24) is 9.88 Å². The van der Waals surface area contributed by atoms with Crippen molar-refractivity contribution in [1.29, 1.82) is 0 Å².